The van der Waals surface area contributed by atoms with Crippen LogP contribution in [0.4, 0.5) is 0 Å². The van der Waals surface area contributed by atoms with Crippen LogP contribution in [0.15, 0.2) is 37.2 Å². The molecule has 1 heterocycles. The van der Waals surface area contributed by atoms with Crippen molar-refractivity contribution in [2.45, 2.75) is 25.9 Å². The van der Waals surface area contributed by atoms with Crippen LogP contribution in [0.3, 0.4) is 0 Å². The number of ether oxygens (including phenoxy) is 1. The maximum atomic E-state index is 10.6. The molecule has 0 saturated heterocycles. The lowest BCUT2D eigenvalue weighted by atomic mass is 10.0. The summed E-state index contributed by atoms with van der Waals surface area (Å²) in [6, 6.07) is 6.01. The minimum Gasteiger partial charge on any atom is -0.497 e. The number of methoxy groups -OCH3 is 1. The summed E-state index contributed by atoms with van der Waals surface area (Å²) in [4.78, 5) is 12.7. The first kappa shape index (κ1) is 17.5. The molecular weight excluding hydrogens is 302 g/mol. The Labute approximate surface area is 143 Å². The Kier molecular flexibility index (Phi) is 5.20. The Bertz CT molecular complexity index is 730. The van der Waals surface area contributed by atoms with Gasteiger partial charge >= 0.3 is 0 Å². The molecule has 0 aliphatic carbocycles. The van der Waals surface area contributed by atoms with Gasteiger partial charge in [-0.3, -0.25) is 4.79 Å². The monoisotopic (exact) mass is 325 g/mol. The molecule has 0 aromatic heterocycles. The van der Waals surface area contributed by atoms with Gasteiger partial charge in [0.2, 0.25) is 6.41 Å². The molecule has 0 fully saturated rings. The Morgan fingerprint density at radius 1 is 1.54 bits per heavy atom. The third kappa shape index (κ3) is 3.72. The van der Waals surface area contributed by atoms with Gasteiger partial charge in [-0.2, -0.15) is 0 Å². The first-order chi connectivity index (χ1) is 11.4. The average molecular weight is 325 g/mol. The van der Waals surface area contributed by atoms with E-state index in [4.69, 9.17) is 4.74 Å². The largest absolute Gasteiger partial charge is 0.497 e. The predicted molar refractivity (Wildman–Crippen MR) is 95.8 cm³/mol. The second-order valence-electron chi connectivity index (χ2n) is 5.90. The topological polar surface area (TPSA) is 53.6 Å². The highest BCUT2D eigenvalue weighted by molar-refractivity contribution is 5.70. The zero-order chi connectivity index (χ0) is 17.7. The molecule has 1 amide bonds. The van der Waals surface area contributed by atoms with Crippen molar-refractivity contribution in [2.75, 3.05) is 13.7 Å². The molecule has 2 rings (SSSR count). The fraction of sp³-hybridized carbons (Fsp3) is 0.316. The van der Waals surface area contributed by atoms with E-state index in [1.165, 1.54) is 5.56 Å². The average Bonchev–Trinajstić information content (AvgIpc) is 2.83. The molecule has 1 aliphatic heterocycles. The number of nitrogens with zero attached hydrogens (tertiary/aromatic N) is 1. The van der Waals surface area contributed by atoms with E-state index in [0.29, 0.717) is 18.8 Å². The van der Waals surface area contributed by atoms with Crippen LogP contribution in [0.1, 0.15) is 25.0 Å². The van der Waals surface area contributed by atoms with Gasteiger partial charge in [0.15, 0.2) is 0 Å². The second-order valence-corrected chi connectivity index (χ2v) is 5.90. The third-order valence-corrected chi connectivity index (χ3v) is 3.94. The van der Waals surface area contributed by atoms with Gasteiger partial charge in [0.1, 0.15) is 11.3 Å². The fourth-order valence-corrected chi connectivity index (χ4v) is 2.92. The summed E-state index contributed by atoms with van der Waals surface area (Å²) in [5.41, 5.74) is 2.66. The highest BCUT2D eigenvalue weighted by atomic mass is 16.5. The number of rotatable bonds is 7. The zero-order valence-electron chi connectivity index (χ0n) is 14.4. The van der Waals surface area contributed by atoms with Gasteiger partial charge < -0.3 is 20.3 Å². The predicted octanol–water partition coefficient (Wildman–Crippen LogP) is 2.07. The summed E-state index contributed by atoms with van der Waals surface area (Å²) in [6.45, 7) is 13.1. The molecule has 0 spiro atoms. The van der Waals surface area contributed by atoms with E-state index in [-0.39, 0.29) is 0 Å². The summed E-state index contributed by atoms with van der Waals surface area (Å²) in [5.74, 6) is 7.33. The lowest BCUT2D eigenvalue weighted by molar-refractivity contribution is -0.109. The number of fused-ring (bicyclic) bond motifs is 1. The van der Waals surface area contributed by atoms with Crippen LogP contribution < -0.4 is 15.4 Å². The van der Waals surface area contributed by atoms with Crippen molar-refractivity contribution >= 4 is 12.1 Å². The van der Waals surface area contributed by atoms with Gasteiger partial charge in [0, 0.05) is 17.8 Å². The quantitative estimate of drug-likeness (QED) is 0.595. The number of benzene rings is 1. The van der Waals surface area contributed by atoms with Crippen molar-refractivity contribution in [2.24, 2.45) is 0 Å². The van der Waals surface area contributed by atoms with E-state index in [1.807, 2.05) is 19.1 Å². The SMILES string of the molecule is C=C(NC=O)N[C@](C)(C#CC)CN1Cc2ccc(OC)cc2C1=C. The molecule has 5 heteroatoms. The van der Waals surface area contributed by atoms with E-state index in [0.717, 1.165) is 23.6 Å². The molecule has 24 heavy (non-hydrogen) atoms. The van der Waals surface area contributed by atoms with Crippen molar-refractivity contribution in [1.82, 2.24) is 15.5 Å². The van der Waals surface area contributed by atoms with Gasteiger partial charge in [0.05, 0.1) is 19.5 Å². The molecule has 1 aromatic carbocycles. The molecular formula is C19H23N3O2. The van der Waals surface area contributed by atoms with Gasteiger partial charge in [-0.1, -0.05) is 25.1 Å². The summed E-state index contributed by atoms with van der Waals surface area (Å²) in [6.07, 6.45) is 0.589. The lowest BCUT2D eigenvalue weighted by Gasteiger charge is -2.33. The number of hydrogen-bond acceptors (Lipinski definition) is 4. The Hall–Kier alpha value is -2.87. The van der Waals surface area contributed by atoms with Crippen LogP contribution in [0, 0.1) is 11.8 Å². The Balaban J connectivity index is 2.19. The first-order valence-electron chi connectivity index (χ1n) is 7.65. The molecule has 1 atom stereocenters. The number of hydrogen-bond donors (Lipinski definition) is 2. The molecule has 0 radical (unpaired) electrons. The number of carbonyl (C=O) groups is 1. The van der Waals surface area contributed by atoms with E-state index in [9.17, 15) is 4.79 Å². The van der Waals surface area contributed by atoms with E-state index in [2.05, 4.69) is 46.6 Å². The molecule has 1 aliphatic rings. The molecule has 5 nitrogen and oxygen atoms in total. The molecule has 1 aromatic rings. The van der Waals surface area contributed by atoms with Crippen LogP contribution >= 0.6 is 0 Å². The lowest BCUT2D eigenvalue weighted by Crippen LogP contribution is -2.50. The maximum absolute atomic E-state index is 10.6. The van der Waals surface area contributed by atoms with Crippen LogP contribution in [0.2, 0.25) is 0 Å². The minimum absolute atomic E-state index is 0.416. The smallest absolute Gasteiger partial charge is 0.212 e. The van der Waals surface area contributed by atoms with Gasteiger partial charge in [-0.25, -0.2) is 0 Å². The molecule has 0 unspecified atom stereocenters. The second kappa shape index (κ2) is 7.14. The summed E-state index contributed by atoms with van der Waals surface area (Å²) < 4.78 is 5.29. The molecule has 126 valence electrons. The number of amides is 1. The van der Waals surface area contributed by atoms with Crippen molar-refractivity contribution < 1.29 is 9.53 Å². The third-order valence-electron chi connectivity index (χ3n) is 3.94. The van der Waals surface area contributed by atoms with Crippen LogP contribution in [0.5, 0.6) is 5.75 Å². The summed E-state index contributed by atoms with van der Waals surface area (Å²) in [7, 11) is 1.65. The van der Waals surface area contributed by atoms with Crippen LogP contribution in [-0.2, 0) is 11.3 Å². The highest BCUT2D eigenvalue weighted by Crippen LogP contribution is 2.34. The first-order valence-corrected chi connectivity index (χ1v) is 7.65. The highest BCUT2D eigenvalue weighted by Gasteiger charge is 2.30. The van der Waals surface area contributed by atoms with E-state index < -0.39 is 5.54 Å². The maximum Gasteiger partial charge on any atom is 0.212 e. The Morgan fingerprint density at radius 3 is 2.92 bits per heavy atom. The van der Waals surface area contributed by atoms with E-state index in [1.54, 1.807) is 14.0 Å². The number of carbonyl (C=O) groups excluding carboxylic acids is 1. The molecule has 0 bridgehead atoms. The standard InChI is InChI=1S/C19H23N3O2/c1-6-9-19(4,21-15(3)20-13-23)12-22-11-16-7-8-17(24-5)10-18(16)14(22)2/h7-8,10,13,21H,2-3,11-12H2,1,4-5H3,(H,20,23)/t19-/m1/s1. The van der Waals surface area contributed by atoms with Crippen molar-refractivity contribution in [1.29, 1.82) is 0 Å². The summed E-state index contributed by atoms with van der Waals surface area (Å²) in [5, 5.41) is 5.69. The zero-order valence-corrected chi connectivity index (χ0v) is 14.4. The van der Waals surface area contributed by atoms with Crippen LogP contribution in [-0.4, -0.2) is 30.5 Å². The fourth-order valence-electron chi connectivity index (χ4n) is 2.92. The number of nitrogens with one attached hydrogen (secondary N) is 2. The van der Waals surface area contributed by atoms with Crippen molar-refractivity contribution in [3.05, 3.63) is 48.3 Å². The van der Waals surface area contributed by atoms with Gasteiger partial charge in [-0.15, -0.1) is 5.92 Å². The van der Waals surface area contributed by atoms with Gasteiger partial charge in [0.25, 0.3) is 0 Å². The van der Waals surface area contributed by atoms with Gasteiger partial charge in [-0.05, 0) is 31.5 Å². The van der Waals surface area contributed by atoms with Crippen molar-refractivity contribution in [3.8, 4) is 17.6 Å². The minimum atomic E-state index is -0.573. The molecule has 2 N–H and O–H groups in total. The summed E-state index contributed by atoms with van der Waals surface area (Å²) >= 11 is 0. The van der Waals surface area contributed by atoms with Crippen molar-refractivity contribution in [3.63, 3.8) is 0 Å². The molecule has 0 saturated carbocycles. The normalized spacial score (nSPS) is 14.8. The Morgan fingerprint density at radius 2 is 2.29 bits per heavy atom. The van der Waals surface area contributed by atoms with Crippen LogP contribution in [0.25, 0.3) is 5.70 Å². The van der Waals surface area contributed by atoms with E-state index >= 15 is 0 Å².